The first kappa shape index (κ1) is 17.0. The molecule has 0 amide bonds. The van der Waals surface area contributed by atoms with Gasteiger partial charge in [-0.25, -0.2) is 4.98 Å². The molecule has 22 heavy (non-hydrogen) atoms. The van der Waals surface area contributed by atoms with Crippen LogP contribution < -0.4 is 10.1 Å². The minimum Gasteiger partial charge on any atom is -0.475 e. The van der Waals surface area contributed by atoms with Gasteiger partial charge >= 0.3 is 0 Å². The van der Waals surface area contributed by atoms with E-state index in [1.165, 1.54) is 25.7 Å². The summed E-state index contributed by atoms with van der Waals surface area (Å²) in [5, 5.41) is 3.59. The highest BCUT2D eigenvalue weighted by Gasteiger charge is 2.22. The van der Waals surface area contributed by atoms with E-state index < -0.39 is 0 Å². The molecule has 0 radical (unpaired) electrons. The van der Waals surface area contributed by atoms with Gasteiger partial charge in [0, 0.05) is 25.1 Å². The molecule has 2 atom stereocenters. The Hall–Kier alpha value is -1.36. The van der Waals surface area contributed by atoms with Gasteiger partial charge < -0.3 is 14.8 Å². The van der Waals surface area contributed by atoms with Gasteiger partial charge in [0.2, 0.25) is 5.88 Å². The van der Waals surface area contributed by atoms with E-state index in [9.17, 15) is 0 Å². The summed E-state index contributed by atoms with van der Waals surface area (Å²) in [5.41, 5.74) is 0. The summed E-state index contributed by atoms with van der Waals surface area (Å²) < 4.78 is 10.7. The van der Waals surface area contributed by atoms with E-state index in [0.717, 1.165) is 11.6 Å². The highest BCUT2D eigenvalue weighted by Crippen LogP contribution is 2.27. The van der Waals surface area contributed by atoms with Gasteiger partial charge in [0.1, 0.15) is 18.2 Å². The molecule has 1 aromatic heterocycles. The number of nitrogens with one attached hydrogen (secondary N) is 1. The fourth-order valence-electron chi connectivity index (χ4n) is 2.80. The first-order valence-electron chi connectivity index (χ1n) is 8.37. The number of nitrogens with zero attached hydrogens (tertiary/aromatic N) is 2. The lowest BCUT2D eigenvalue weighted by molar-refractivity contribution is 0.143. The maximum Gasteiger partial charge on any atom is 0.218 e. The van der Waals surface area contributed by atoms with Crippen molar-refractivity contribution in [2.24, 2.45) is 5.92 Å². The Morgan fingerprint density at radius 2 is 2.00 bits per heavy atom. The summed E-state index contributed by atoms with van der Waals surface area (Å²) >= 11 is 0. The van der Waals surface area contributed by atoms with Crippen molar-refractivity contribution < 1.29 is 9.47 Å². The van der Waals surface area contributed by atoms with Crippen LogP contribution in [0, 0.1) is 5.92 Å². The minimum absolute atomic E-state index is 0.273. The molecule has 1 fully saturated rings. The summed E-state index contributed by atoms with van der Waals surface area (Å²) in [4.78, 5) is 9.14. The number of hydrogen-bond donors (Lipinski definition) is 1. The molecular weight excluding hydrogens is 278 g/mol. The van der Waals surface area contributed by atoms with Crippen LogP contribution in [0.5, 0.6) is 5.88 Å². The summed E-state index contributed by atoms with van der Waals surface area (Å²) in [7, 11) is 1.67. The van der Waals surface area contributed by atoms with Crippen LogP contribution in [0.2, 0.25) is 0 Å². The first-order chi connectivity index (χ1) is 10.6. The predicted octanol–water partition coefficient (Wildman–Crippen LogP) is 3.62. The molecule has 1 heterocycles. The zero-order valence-electron chi connectivity index (χ0n) is 14.3. The maximum atomic E-state index is 5.68. The van der Waals surface area contributed by atoms with Crippen molar-refractivity contribution in [2.45, 2.75) is 58.4 Å². The SMILES string of the molecule is COCCOc1cc(NC2CCCCC2C)nc(C(C)C)n1. The topological polar surface area (TPSA) is 56.3 Å². The van der Waals surface area contributed by atoms with E-state index in [-0.39, 0.29) is 5.92 Å². The van der Waals surface area contributed by atoms with E-state index in [1.807, 2.05) is 6.07 Å². The van der Waals surface area contributed by atoms with Crippen LogP contribution in [-0.2, 0) is 4.74 Å². The van der Waals surface area contributed by atoms with Crippen LogP contribution in [0.15, 0.2) is 6.07 Å². The molecule has 5 heteroatoms. The number of anilines is 1. The van der Waals surface area contributed by atoms with Crippen molar-refractivity contribution in [1.82, 2.24) is 9.97 Å². The lowest BCUT2D eigenvalue weighted by Gasteiger charge is -2.30. The number of rotatable bonds is 7. The number of methoxy groups -OCH3 is 1. The predicted molar refractivity (Wildman–Crippen MR) is 88.5 cm³/mol. The lowest BCUT2D eigenvalue weighted by atomic mass is 9.86. The van der Waals surface area contributed by atoms with Crippen molar-refractivity contribution in [2.75, 3.05) is 25.6 Å². The molecule has 1 N–H and O–H groups in total. The fourth-order valence-corrected chi connectivity index (χ4v) is 2.80. The van der Waals surface area contributed by atoms with Crippen molar-refractivity contribution in [1.29, 1.82) is 0 Å². The molecule has 124 valence electrons. The number of ether oxygens (including phenoxy) is 2. The smallest absolute Gasteiger partial charge is 0.218 e. The molecule has 0 aliphatic heterocycles. The lowest BCUT2D eigenvalue weighted by Crippen LogP contribution is -2.30. The highest BCUT2D eigenvalue weighted by molar-refractivity contribution is 5.40. The average Bonchev–Trinajstić information content (AvgIpc) is 2.50. The summed E-state index contributed by atoms with van der Waals surface area (Å²) in [6, 6.07) is 2.40. The van der Waals surface area contributed by atoms with Crippen LogP contribution in [0.4, 0.5) is 5.82 Å². The Kier molecular flexibility index (Phi) is 6.43. The van der Waals surface area contributed by atoms with Crippen LogP contribution in [0.25, 0.3) is 0 Å². The molecule has 0 aromatic carbocycles. The quantitative estimate of drug-likeness (QED) is 0.780. The zero-order valence-corrected chi connectivity index (χ0v) is 14.3. The van der Waals surface area contributed by atoms with Gasteiger partial charge in [-0.2, -0.15) is 4.98 Å². The fraction of sp³-hybridized carbons (Fsp3) is 0.765. The van der Waals surface area contributed by atoms with Gasteiger partial charge in [0.05, 0.1) is 6.61 Å². The molecule has 0 bridgehead atoms. The van der Waals surface area contributed by atoms with Gasteiger partial charge in [-0.3, -0.25) is 0 Å². The van der Waals surface area contributed by atoms with Gasteiger partial charge in [-0.15, -0.1) is 0 Å². The number of hydrogen-bond acceptors (Lipinski definition) is 5. The summed E-state index contributed by atoms with van der Waals surface area (Å²) in [6.07, 6.45) is 5.13. The minimum atomic E-state index is 0.273. The molecule has 0 saturated heterocycles. The van der Waals surface area contributed by atoms with Crippen molar-refractivity contribution in [3.05, 3.63) is 11.9 Å². The van der Waals surface area contributed by atoms with Crippen LogP contribution in [-0.4, -0.2) is 36.3 Å². The number of aromatic nitrogens is 2. The second-order valence-corrected chi connectivity index (χ2v) is 6.46. The van der Waals surface area contributed by atoms with E-state index in [4.69, 9.17) is 9.47 Å². The second-order valence-electron chi connectivity index (χ2n) is 6.46. The van der Waals surface area contributed by atoms with Gasteiger partial charge in [-0.1, -0.05) is 33.6 Å². The third-order valence-electron chi connectivity index (χ3n) is 4.22. The molecule has 1 aliphatic carbocycles. The standard InChI is InChI=1S/C17H29N3O2/c1-12(2)17-19-15(11-16(20-17)22-10-9-21-4)18-14-8-6-5-7-13(14)3/h11-14H,5-10H2,1-4H3,(H,18,19,20). The molecule has 1 saturated carbocycles. The van der Waals surface area contributed by atoms with E-state index in [1.54, 1.807) is 7.11 Å². The Morgan fingerprint density at radius 3 is 2.68 bits per heavy atom. The van der Waals surface area contributed by atoms with E-state index in [2.05, 4.69) is 36.1 Å². The molecule has 1 aliphatic rings. The summed E-state index contributed by atoms with van der Waals surface area (Å²) in [6.45, 7) is 7.58. The molecule has 0 spiro atoms. The normalized spacial score (nSPS) is 21.9. The Morgan fingerprint density at radius 1 is 1.23 bits per heavy atom. The zero-order chi connectivity index (χ0) is 15.9. The van der Waals surface area contributed by atoms with E-state index >= 15 is 0 Å². The van der Waals surface area contributed by atoms with Crippen LogP contribution in [0.1, 0.15) is 58.2 Å². The van der Waals surface area contributed by atoms with Gasteiger partial charge in [-0.05, 0) is 18.8 Å². The largest absolute Gasteiger partial charge is 0.475 e. The van der Waals surface area contributed by atoms with Crippen molar-refractivity contribution in [3.63, 3.8) is 0 Å². The van der Waals surface area contributed by atoms with Crippen molar-refractivity contribution in [3.8, 4) is 5.88 Å². The van der Waals surface area contributed by atoms with Crippen molar-refractivity contribution >= 4 is 5.82 Å². The third kappa shape index (κ3) is 4.83. The van der Waals surface area contributed by atoms with Crippen LogP contribution >= 0.6 is 0 Å². The van der Waals surface area contributed by atoms with Crippen LogP contribution in [0.3, 0.4) is 0 Å². The third-order valence-corrected chi connectivity index (χ3v) is 4.22. The molecule has 5 nitrogen and oxygen atoms in total. The Labute approximate surface area is 133 Å². The Balaban J connectivity index is 2.10. The van der Waals surface area contributed by atoms with Gasteiger partial charge in [0.25, 0.3) is 0 Å². The molecular formula is C17H29N3O2. The summed E-state index contributed by atoms with van der Waals surface area (Å²) in [5.74, 6) is 3.28. The van der Waals surface area contributed by atoms with Gasteiger partial charge in [0.15, 0.2) is 0 Å². The average molecular weight is 307 g/mol. The molecule has 2 unspecified atom stereocenters. The first-order valence-corrected chi connectivity index (χ1v) is 8.37. The van der Waals surface area contributed by atoms with E-state index in [0.29, 0.717) is 31.1 Å². The second kappa shape index (κ2) is 8.32. The molecule has 1 aromatic rings. The monoisotopic (exact) mass is 307 g/mol. The highest BCUT2D eigenvalue weighted by atomic mass is 16.5. The molecule has 2 rings (SSSR count). The maximum absolute atomic E-state index is 5.68. The Bertz CT molecular complexity index is 465.